The normalized spacial score (nSPS) is 17.1. The smallest absolute Gasteiger partial charge is 0.257 e. The van der Waals surface area contributed by atoms with Crippen LogP contribution in [0.5, 0.6) is 5.75 Å². The number of nitrogens with zero attached hydrogens (tertiary/aromatic N) is 2. The molecule has 0 unspecified atom stereocenters. The number of imidazole rings is 1. The van der Waals surface area contributed by atoms with Gasteiger partial charge in [-0.05, 0) is 83.2 Å². The Morgan fingerprint density at radius 1 is 0.925 bits per heavy atom. The molecule has 1 heterocycles. The van der Waals surface area contributed by atoms with Crippen molar-refractivity contribution >= 4 is 28.8 Å². The predicted octanol–water partition coefficient (Wildman–Crippen LogP) is 6.74. The van der Waals surface area contributed by atoms with Gasteiger partial charge in [0.15, 0.2) is 0 Å². The third-order valence-corrected chi connectivity index (χ3v) is 7.59. The summed E-state index contributed by atoms with van der Waals surface area (Å²) in [6, 6.07) is 21.9. The van der Waals surface area contributed by atoms with Gasteiger partial charge in [0.2, 0.25) is 11.9 Å². The molecular weight excluding hydrogens is 500 g/mol. The van der Waals surface area contributed by atoms with E-state index in [1.165, 1.54) is 5.56 Å². The monoisotopic (exact) mass is 538 g/mol. The molecule has 0 aliphatic heterocycles. The van der Waals surface area contributed by atoms with Crippen LogP contribution in [0, 0.1) is 19.8 Å². The molecule has 5 rings (SSSR count). The number of hydrogen-bond donors (Lipinski definition) is 2. The van der Waals surface area contributed by atoms with Gasteiger partial charge in [-0.2, -0.15) is 0 Å². The number of amides is 2. The van der Waals surface area contributed by atoms with Crippen LogP contribution < -0.4 is 15.4 Å². The van der Waals surface area contributed by atoms with E-state index in [1.807, 2.05) is 63.2 Å². The maximum Gasteiger partial charge on any atom is 0.257 e. The number of hydrogen-bond acceptors (Lipinski definition) is 4. The lowest BCUT2D eigenvalue weighted by atomic mass is 9.85. The minimum atomic E-state index is -0.197. The number of ether oxygens (including phenoxy) is 1. The van der Waals surface area contributed by atoms with Crippen LogP contribution in [0.3, 0.4) is 0 Å². The molecule has 3 aromatic carbocycles. The van der Waals surface area contributed by atoms with Crippen molar-refractivity contribution in [3.63, 3.8) is 0 Å². The molecule has 0 atom stereocenters. The zero-order chi connectivity index (χ0) is 28.2. The van der Waals surface area contributed by atoms with Gasteiger partial charge in [0.1, 0.15) is 12.4 Å². The highest BCUT2D eigenvalue weighted by Crippen LogP contribution is 2.38. The summed E-state index contributed by atoms with van der Waals surface area (Å²) in [6.07, 6.45) is 3.22. The average Bonchev–Trinajstić information content (AvgIpc) is 3.29. The number of rotatable bonds is 8. The van der Waals surface area contributed by atoms with Gasteiger partial charge in [0, 0.05) is 29.6 Å². The van der Waals surface area contributed by atoms with Crippen LogP contribution in [0.15, 0.2) is 66.7 Å². The summed E-state index contributed by atoms with van der Waals surface area (Å²) in [7, 11) is 0. The van der Waals surface area contributed by atoms with E-state index in [-0.39, 0.29) is 29.8 Å². The Morgan fingerprint density at radius 2 is 1.57 bits per heavy atom. The molecule has 4 aromatic rings. The summed E-state index contributed by atoms with van der Waals surface area (Å²) >= 11 is 0. The van der Waals surface area contributed by atoms with Gasteiger partial charge in [-0.3, -0.25) is 14.9 Å². The lowest BCUT2D eigenvalue weighted by Crippen LogP contribution is -2.37. The molecule has 0 bridgehead atoms. The van der Waals surface area contributed by atoms with Gasteiger partial charge in [-0.15, -0.1) is 0 Å². The van der Waals surface area contributed by atoms with E-state index in [0.29, 0.717) is 18.1 Å². The van der Waals surface area contributed by atoms with Crippen molar-refractivity contribution in [3.05, 3.63) is 89.0 Å². The number of aryl methyl sites for hydroxylation is 2. The number of nitrogens with one attached hydrogen (secondary N) is 2. The van der Waals surface area contributed by atoms with Crippen molar-refractivity contribution in [3.8, 4) is 5.75 Å². The molecule has 0 spiro atoms. The molecule has 40 heavy (non-hydrogen) atoms. The van der Waals surface area contributed by atoms with Crippen molar-refractivity contribution < 1.29 is 14.3 Å². The Bertz CT molecular complexity index is 1480. The average molecular weight is 539 g/mol. The molecule has 0 radical (unpaired) electrons. The molecule has 1 saturated carbocycles. The van der Waals surface area contributed by atoms with Crippen LogP contribution in [0.1, 0.15) is 72.6 Å². The molecule has 208 valence electrons. The van der Waals surface area contributed by atoms with Gasteiger partial charge >= 0.3 is 0 Å². The minimum Gasteiger partial charge on any atom is -0.489 e. The summed E-state index contributed by atoms with van der Waals surface area (Å²) in [5.41, 5.74) is 5.70. The molecule has 0 saturated heterocycles. The largest absolute Gasteiger partial charge is 0.489 e. The van der Waals surface area contributed by atoms with Crippen molar-refractivity contribution in [2.75, 3.05) is 5.32 Å². The first kappa shape index (κ1) is 27.4. The molecule has 1 aliphatic rings. The third-order valence-electron chi connectivity index (χ3n) is 7.59. The Hall–Kier alpha value is -4.13. The van der Waals surface area contributed by atoms with Crippen LogP contribution in [-0.2, 0) is 11.4 Å². The number of carbonyl (C=O) groups is 2. The fourth-order valence-electron chi connectivity index (χ4n) is 5.35. The molecule has 2 N–H and O–H groups in total. The third kappa shape index (κ3) is 6.36. The number of fused-ring (bicyclic) bond motifs is 1. The molecule has 1 fully saturated rings. The first-order valence-electron chi connectivity index (χ1n) is 14.2. The second kappa shape index (κ2) is 11.9. The van der Waals surface area contributed by atoms with Gasteiger partial charge in [0.25, 0.3) is 5.91 Å². The highest BCUT2D eigenvalue weighted by molar-refractivity contribution is 6.04. The lowest BCUT2D eigenvalue weighted by molar-refractivity contribution is -0.126. The summed E-state index contributed by atoms with van der Waals surface area (Å²) in [6.45, 7) is 8.51. The van der Waals surface area contributed by atoms with Crippen molar-refractivity contribution in [2.45, 2.75) is 72.1 Å². The van der Waals surface area contributed by atoms with E-state index in [1.54, 1.807) is 0 Å². The maximum atomic E-state index is 13.2. The van der Waals surface area contributed by atoms with Crippen molar-refractivity contribution in [2.24, 2.45) is 5.92 Å². The molecule has 7 heteroatoms. The van der Waals surface area contributed by atoms with E-state index in [4.69, 9.17) is 9.72 Å². The maximum absolute atomic E-state index is 13.2. The van der Waals surface area contributed by atoms with Crippen LogP contribution in [0.25, 0.3) is 11.0 Å². The van der Waals surface area contributed by atoms with E-state index in [9.17, 15) is 9.59 Å². The van der Waals surface area contributed by atoms with E-state index in [0.717, 1.165) is 53.6 Å². The Balaban J connectivity index is 1.42. The number of benzene rings is 3. The Labute approximate surface area is 236 Å². The zero-order valence-corrected chi connectivity index (χ0v) is 23.7. The first-order chi connectivity index (χ1) is 19.3. The predicted molar refractivity (Wildman–Crippen MR) is 159 cm³/mol. The molecule has 1 aromatic heterocycles. The Morgan fingerprint density at radius 3 is 2.23 bits per heavy atom. The summed E-state index contributed by atoms with van der Waals surface area (Å²) in [4.78, 5) is 30.7. The van der Waals surface area contributed by atoms with Gasteiger partial charge in [-0.25, -0.2) is 4.98 Å². The fourth-order valence-corrected chi connectivity index (χ4v) is 5.35. The van der Waals surface area contributed by atoms with Crippen LogP contribution in [0.2, 0.25) is 0 Å². The minimum absolute atomic E-state index is 0.00689. The number of aromatic nitrogens is 2. The summed E-state index contributed by atoms with van der Waals surface area (Å²) in [5.74, 6) is 1.20. The Kier molecular flexibility index (Phi) is 8.19. The van der Waals surface area contributed by atoms with Gasteiger partial charge in [-0.1, -0.05) is 47.5 Å². The number of carbonyl (C=O) groups excluding carboxylic acids is 2. The summed E-state index contributed by atoms with van der Waals surface area (Å²) in [5, 5.41) is 6.13. The molecule has 7 nitrogen and oxygen atoms in total. The van der Waals surface area contributed by atoms with Gasteiger partial charge < -0.3 is 14.6 Å². The standard InChI is InChI=1S/C33H38N4O3/c1-21(2)34-31(38)26-13-15-27(16-14-26)37-30-19-28(40-20-24-9-5-22(3)6-10-24)17-18-29(30)35-33(37)36-32(39)25-11-7-23(4)8-12-25/h5-12,17-19,21,26-27H,13-16,20H2,1-4H3,(H,34,38)(H,35,36,39). The van der Waals surface area contributed by atoms with Crippen LogP contribution >= 0.6 is 0 Å². The summed E-state index contributed by atoms with van der Waals surface area (Å²) < 4.78 is 8.29. The van der Waals surface area contributed by atoms with E-state index < -0.39 is 0 Å². The lowest BCUT2D eigenvalue weighted by Gasteiger charge is -2.30. The second-order valence-corrected chi connectivity index (χ2v) is 11.2. The first-order valence-corrected chi connectivity index (χ1v) is 14.2. The van der Waals surface area contributed by atoms with Crippen molar-refractivity contribution in [1.82, 2.24) is 14.9 Å². The van der Waals surface area contributed by atoms with Crippen molar-refractivity contribution in [1.29, 1.82) is 0 Å². The molecular formula is C33H38N4O3. The number of anilines is 1. The van der Waals surface area contributed by atoms with E-state index in [2.05, 4.69) is 46.4 Å². The van der Waals surface area contributed by atoms with Crippen LogP contribution in [-0.4, -0.2) is 27.4 Å². The van der Waals surface area contributed by atoms with Crippen LogP contribution in [0.4, 0.5) is 5.95 Å². The molecule has 1 aliphatic carbocycles. The zero-order valence-electron chi connectivity index (χ0n) is 23.7. The highest BCUT2D eigenvalue weighted by Gasteiger charge is 2.30. The van der Waals surface area contributed by atoms with Gasteiger partial charge in [0.05, 0.1) is 11.0 Å². The SMILES string of the molecule is Cc1ccc(COc2ccc3nc(NC(=O)c4ccc(C)cc4)n(C4CCC(C(=O)NC(C)C)CC4)c3c2)cc1. The quantitative estimate of drug-likeness (QED) is 0.260. The topological polar surface area (TPSA) is 85.2 Å². The second-order valence-electron chi connectivity index (χ2n) is 11.2. The fraction of sp³-hybridized carbons (Fsp3) is 0.364. The highest BCUT2D eigenvalue weighted by atomic mass is 16.5. The molecule has 2 amide bonds. The van der Waals surface area contributed by atoms with E-state index >= 15 is 0 Å².